The monoisotopic (exact) mass is 258 g/mol. The van der Waals surface area contributed by atoms with Crippen LogP contribution in [0, 0.1) is 0 Å². The molecule has 0 aliphatic rings. The van der Waals surface area contributed by atoms with Crippen LogP contribution in [-0.2, 0) is 11.8 Å². The third kappa shape index (κ3) is 3.41. The number of amides is 2. The molecule has 19 heavy (non-hydrogen) atoms. The smallest absolute Gasteiger partial charge is 0.258 e. The molecule has 2 N–H and O–H groups in total. The van der Waals surface area contributed by atoms with Gasteiger partial charge in [-0.1, -0.05) is 6.07 Å². The minimum atomic E-state index is -0.243. The van der Waals surface area contributed by atoms with Gasteiger partial charge in [-0.2, -0.15) is 5.10 Å². The molecule has 1 aromatic heterocycles. The Kier molecular flexibility index (Phi) is 3.61. The molecule has 0 bridgehead atoms. The van der Waals surface area contributed by atoms with Crippen molar-refractivity contribution in [1.29, 1.82) is 0 Å². The van der Waals surface area contributed by atoms with Crippen molar-refractivity contribution in [2.75, 3.05) is 10.6 Å². The van der Waals surface area contributed by atoms with Crippen LogP contribution < -0.4 is 10.6 Å². The molecule has 2 rings (SSSR count). The van der Waals surface area contributed by atoms with Gasteiger partial charge in [-0.25, -0.2) is 0 Å². The number of hydrogen-bond donors (Lipinski definition) is 2. The van der Waals surface area contributed by atoms with E-state index in [2.05, 4.69) is 15.7 Å². The van der Waals surface area contributed by atoms with Crippen molar-refractivity contribution < 1.29 is 9.59 Å². The molecule has 0 atom stereocenters. The highest BCUT2D eigenvalue weighted by atomic mass is 16.2. The normalized spacial score (nSPS) is 10.0. The molecule has 0 aliphatic carbocycles. The van der Waals surface area contributed by atoms with E-state index >= 15 is 0 Å². The highest BCUT2D eigenvalue weighted by Gasteiger charge is 2.08. The second kappa shape index (κ2) is 5.34. The van der Waals surface area contributed by atoms with Gasteiger partial charge in [0.1, 0.15) is 0 Å². The first-order valence-electron chi connectivity index (χ1n) is 5.72. The summed E-state index contributed by atoms with van der Waals surface area (Å²) in [6, 6.07) is 6.94. The third-order valence-electron chi connectivity index (χ3n) is 2.41. The fourth-order valence-corrected chi connectivity index (χ4v) is 1.62. The molecule has 2 amide bonds. The Morgan fingerprint density at radius 1 is 1.21 bits per heavy atom. The van der Waals surface area contributed by atoms with E-state index in [-0.39, 0.29) is 11.8 Å². The van der Waals surface area contributed by atoms with Gasteiger partial charge in [-0.3, -0.25) is 14.3 Å². The molecule has 2 aromatic rings. The van der Waals surface area contributed by atoms with E-state index in [0.717, 1.165) is 0 Å². The second-order valence-corrected chi connectivity index (χ2v) is 4.12. The van der Waals surface area contributed by atoms with Crippen molar-refractivity contribution in [2.24, 2.45) is 7.05 Å². The SMILES string of the molecule is CC(=O)Nc1cccc(NC(=O)c2cnn(C)c2)c1. The first-order valence-corrected chi connectivity index (χ1v) is 5.72. The number of nitrogens with one attached hydrogen (secondary N) is 2. The van der Waals surface area contributed by atoms with Gasteiger partial charge in [-0.15, -0.1) is 0 Å². The van der Waals surface area contributed by atoms with Crippen molar-refractivity contribution in [3.8, 4) is 0 Å². The summed E-state index contributed by atoms with van der Waals surface area (Å²) >= 11 is 0. The Morgan fingerprint density at radius 3 is 2.47 bits per heavy atom. The summed E-state index contributed by atoms with van der Waals surface area (Å²) in [7, 11) is 1.74. The summed E-state index contributed by atoms with van der Waals surface area (Å²) in [4.78, 5) is 22.9. The Morgan fingerprint density at radius 2 is 1.89 bits per heavy atom. The van der Waals surface area contributed by atoms with Crippen molar-refractivity contribution >= 4 is 23.2 Å². The van der Waals surface area contributed by atoms with E-state index in [9.17, 15) is 9.59 Å². The predicted octanol–water partition coefficient (Wildman–Crippen LogP) is 1.63. The Balaban J connectivity index is 2.10. The average Bonchev–Trinajstić information content (AvgIpc) is 2.75. The van der Waals surface area contributed by atoms with Crippen LogP contribution in [0.15, 0.2) is 36.7 Å². The fourth-order valence-electron chi connectivity index (χ4n) is 1.62. The van der Waals surface area contributed by atoms with E-state index in [1.807, 2.05) is 0 Å². The van der Waals surface area contributed by atoms with E-state index in [4.69, 9.17) is 0 Å². The molecular formula is C13H14N4O2. The topological polar surface area (TPSA) is 76.0 Å². The number of aryl methyl sites for hydroxylation is 1. The van der Waals surface area contributed by atoms with E-state index in [0.29, 0.717) is 16.9 Å². The molecule has 0 aliphatic heterocycles. The van der Waals surface area contributed by atoms with Gasteiger partial charge in [-0.05, 0) is 18.2 Å². The Labute approximate surface area is 110 Å². The van der Waals surface area contributed by atoms with Gasteiger partial charge >= 0.3 is 0 Å². The summed E-state index contributed by atoms with van der Waals surface area (Å²) in [6.45, 7) is 1.43. The van der Waals surface area contributed by atoms with Crippen LogP contribution in [-0.4, -0.2) is 21.6 Å². The number of benzene rings is 1. The molecule has 1 heterocycles. The maximum atomic E-state index is 11.9. The zero-order valence-corrected chi connectivity index (χ0v) is 10.7. The van der Waals surface area contributed by atoms with Crippen molar-refractivity contribution in [3.63, 3.8) is 0 Å². The summed E-state index contributed by atoms with van der Waals surface area (Å²) in [6.07, 6.45) is 3.13. The third-order valence-corrected chi connectivity index (χ3v) is 2.41. The lowest BCUT2D eigenvalue weighted by Gasteiger charge is -2.06. The van der Waals surface area contributed by atoms with Crippen molar-refractivity contribution in [2.45, 2.75) is 6.92 Å². The minimum Gasteiger partial charge on any atom is -0.326 e. The molecule has 0 saturated heterocycles. The molecule has 0 fully saturated rings. The summed E-state index contributed by atoms with van der Waals surface area (Å²) < 4.78 is 1.56. The lowest BCUT2D eigenvalue weighted by atomic mass is 10.2. The average molecular weight is 258 g/mol. The maximum absolute atomic E-state index is 11.9. The minimum absolute atomic E-state index is 0.157. The van der Waals surface area contributed by atoms with Crippen LogP contribution >= 0.6 is 0 Å². The number of hydrogen-bond acceptors (Lipinski definition) is 3. The molecule has 6 heteroatoms. The van der Waals surface area contributed by atoms with Gasteiger partial charge in [0, 0.05) is 31.5 Å². The van der Waals surface area contributed by atoms with Gasteiger partial charge in [0.05, 0.1) is 11.8 Å². The van der Waals surface area contributed by atoms with Gasteiger partial charge in [0.25, 0.3) is 5.91 Å². The molecular weight excluding hydrogens is 244 g/mol. The molecule has 0 radical (unpaired) electrons. The quantitative estimate of drug-likeness (QED) is 0.878. The second-order valence-electron chi connectivity index (χ2n) is 4.12. The van der Waals surface area contributed by atoms with Crippen molar-refractivity contribution in [3.05, 3.63) is 42.2 Å². The number of nitrogens with zero attached hydrogens (tertiary/aromatic N) is 2. The summed E-state index contributed by atoms with van der Waals surface area (Å²) in [5.74, 6) is -0.399. The summed E-state index contributed by atoms with van der Waals surface area (Å²) in [5, 5.41) is 9.33. The number of carbonyl (C=O) groups is 2. The van der Waals surface area contributed by atoms with E-state index in [1.165, 1.54) is 13.1 Å². The van der Waals surface area contributed by atoms with Crippen LogP contribution in [0.5, 0.6) is 0 Å². The number of rotatable bonds is 3. The maximum Gasteiger partial charge on any atom is 0.258 e. The predicted molar refractivity (Wildman–Crippen MR) is 71.9 cm³/mol. The number of carbonyl (C=O) groups excluding carboxylic acids is 2. The Hall–Kier alpha value is -2.63. The van der Waals surface area contributed by atoms with E-state index < -0.39 is 0 Å². The summed E-state index contributed by atoms with van der Waals surface area (Å²) in [5.41, 5.74) is 1.73. The standard InChI is InChI=1S/C13H14N4O2/c1-9(18)15-11-4-3-5-12(6-11)16-13(19)10-7-14-17(2)8-10/h3-8H,1-2H3,(H,15,18)(H,16,19). The first-order chi connectivity index (χ1) is 9.04. The zero-order chi connectivity index (χ0) is 13.8. The van der Waals surface area contributed by atoms with Crippen LogP contribution in [0.2, 0.25) is 0 Å². The van der Waals surface area contributed by atoms with Crippen molar-refractivity contribution in [1.82, 2.24) is 9.78 Å². The highest BCUT2D eigenvalue weighted by molar-refractivity contribution is 6.04. The van der Waals surface area contributed by atoms with Crippen LogP contribution in [0.3, 0.4) is 0 Å². The molecule has 0 spiro atoms. The molecule has 98 valence electrons. The molecule has 6 nitrogen and oxygen atoms in total. The molecule has 1 aromatic carbocycles. The van der Waals surface area contributed by atoms with Gasteiger partial charge < -0.3 is 10.6 Å². The lowest BCUT2D eigenvalue weighted by molar-refractivity contribution is -0.114. The van der Waals surface area contributed by atoms with Gasteiger partial charge in [0.2, 0.25) is 5.91 Å². The molecule has 0 unspecified atom stereocenters. The van der Waals surface area contributed by atoms with Gasteiger partial charge in [0.15, 0.2) is 0 Å². The highest BCUT2D eigenvalue weighted by Crippen LogP contribution is 2.15. The van der Waals surface area contributed by atoms with Crippen LogP contribution in [0.1, 0.15) is 17.3 Å². The molecule has 0 saturated carbocycles. The van der Waals surface area contributed by atoms with Crippen LogP contribution in [0.4, 0.5) is 11.4 Å². The Bertz CT molecular complexity index is 619. The van der Waals surface area contributed by atoms with E-state index in [1.54, 1.807) is 42.2 Å². The fraction of sp³-hybridized carbons (Fsp3) is 0.154. The lowest BCUT2D eigenvalue weighted by Crippen LogP contribution is -2.12. The first kappa shape index (κ1) is 12.8. The number of aromatic nitrogens is 2. The number of anilines is 2. The largest absolute Gasteiger partial charge is 0.326 e. The van der Waals surface area contributed by atoms with Crippen LogP contribution in [0.25, 0.3) is 0 Å². The zero-order valence-electron chi connectivity index (χ0n) is 10.7.